The zero-order valence-corrected chi connectivity index (χ0v) is 12.3. The van der Waals surface area contributed by atoms with E-state index < -0.39 is 0 Å². The molecule has 2 N–H and O–H groups in total. The Kier molecular flexibility index (Phi) is 4.22. The van der Waals surface area contributed by atoms with Gasteiger partial charge in [0, 0.05) is 23.2 Å². The first-order valence-electron chi connectivity index (χ1n) is 6.70. The summed E-state index contributed by atoms with van der Waals surface area (Å²) in [7, 11) is 0. The number of hydrogen-bond donors (Lipinski definition) is 2. The maximum absolute atomic E-state index is 11.9. The molecule has 2 aromatic heterocycles. The zero-order chi connectivity index (χ0) is 14.7. The Labute approximate surface area is 117 Å². The van der Waals surface area contributed by atoms with Gasteiger partial charge in [0.2, 0.25) is 5.91 Å². The van der Waals surface area contributed by atoms with Gasteiger partial charge in [0.05, 0.1) is 18.7 Å². The first-order chi connectivity index (χ1) is 9.47. The Morgan fingerprint density at radius 3 is 2.75 bits per heavy atom. The fraction of sp³-hybridized carbons (Fsp3) is 0.500. The van der Waals surface area contributed by atoms with Gasteiger partial charge in [-0.3, -0.25) is 9.89 Å². The third kappa shape index (κ3) is 3.26. The van der Waals surface area contributed by atoms with Crippen LogP contribution in [0.3, 0.4) is 0 Å². The van der Waals surface area contributed by atoms with E-state index in [1.165, 1.54) is 0 Å². The summed E-state index contributed by atoms with van der Waals surface area (Å²) in [5.41, 5.74) is 3.48. The van der Waals surface area contributed by atoms with Crippen molar-refractivity contribution < 1.29 is 9.32 Å². The van der Waals surface area contributed by atoms with E-state index in [2.05, 4.69) is 20.7 Å². The number of carbonyl (C=O) groups excluding carboxylic acids is 1. The van der Waals surface area contributed by atoms with Crippen LogP contribution in [0.2, 0.25) is 0 Å². The maximum Gasteiger partial charge on any atom is 0.224 e. The molecule has 108 valence electrons. The average molecular weight is 276 g/mol. The van der Waals surface area contributed by atoms with Crippen LogP contribution < -0.4 is 5.32 Å². The van der Waals surface area contributed by atoms with E-state index >= 15 is 0 Å². The number of nitrogens with zero attached hydrogens (tertiary/aromatic N) is 2. The summed E-state index contributed by atoms with van der Waals surface area (Å²) in [5, 5.41) is 13.7. The molecule has 2 rings (SSSR count). The van der Waals surface area contributed by atoms with Crippen LogP contribution in [0, 0.1) is 13.8 Å². The number of H-pyrrole nitrogens is 1. The summed E-state index contributed by atoms with van der Waals surface area (Å²) in [6, 6.07) is 1.87. The van der Waals surface area contributed by atoms with Gasteiger partial charge >= 0.3 is 0 Å². The van der Waals surface area contributed by atoms with E-state index in [1.807, 2.05) is 33.8 Å². The van der Waals surface area contributed by atoms with Gasteiger partial charge in [0.15, 0.2) is 0 Å². The van der Waals surface area contributed by atoms with Crippen LogP contribution in [0.4, 0.5) is 0 Å². The summed E-state index contributed by atoms with van der Waals surface area (Å²) >= 11 is 0. The highest BCUT2D eigenvalue weighted by Crippen LogP contribution is 2.15. The van der Waals surface area contributed by atoms with E-state index in [-0.39, 0.29) is 5.91 Å². The molecule has 0 fully saturated rings. The van der Waals surface area contributed by atoms with Gasteiger partial charge in [-0.2, -0.15) is 5.10 Å². The molecule has 0 unspecified atom stereocenters. The molecule has 0 radical (unpaired) electrons. The lowest BCUT2D eigenvalue weighted by Crippen LogP contribution is -2.25. The molecule has 2 heterocycles. The molecule has 0 spiro atoms. The van der Waals surface area contributed by atoms with Crippen molar-refractivity contribution in [1.29, 1.82) is 0 Å². The molecule has 0 aliphatic carbocycles. The van der Waals surface area contributed by atoms with Crippen molar-refractivity contribution in [2.45, 2.75) is 46.6 Å². The molecule has 0 saturated carbocycles. The number of rotatable bonds is 5. The predicted molar refractivity (Wildman–Crippen MR) is 74.2 cm³/mol. The molecule has 1 amide bonds. The summed E-state index contributed by atoms with van der Waals surface area (Å²) < 4.78 is 5.19. The molecule has 6 nitrogen and oxygen atoms in total. The number of carbonyl (C=O) groups is 1. The molecule has 0 atom stereocenters. The Morgan fingerprint density at radius 1 is 1.45 bits per heavy atom. The van der Waals surface area contributed by atoms with Crippen molar-refractivity contribution in [3.05, 3.63) is 34.5 Å². The molecule has 2 aromatic rings. The third-order valence-electron chi connectivity index (χ3n) is 3.23. The van der Waals surface area contributed by atoms with E-state index in [0.29, 0.717) is 18.9 Å². The summed E-state index contributed by atoms with van der Waals surface area (Å²) in [6.45, 7) is 8.25. The van der Waals surface area contributed by atoms with Gasteiger partial charge in [0.25, 0.3) is 0 Å². The van der Waals surface area contributed by atoms with Gasteiger partial charge in [0.1, 0.15) is 11.5 Å². The van der Waals surface area contributed by atoms with Gasteiger partial charge in [-0.1, -0.05) is 19.0 Å². The molecular formula is C14H20N4O2. The first-order valence-corrected chi connectivity index (χ1v) is 6.70. The third-order valence-corrected chi connectivity index (χ3v) is 3.23. The van der Waals surface area contributed by atoms with E-state index in [0.717, 1.165) is 28.4 Å². The highest BCUT2D eigenvalue weighted by atomic mass is 16.5. The van der Waals surface area contributed by atoms with E-state index in [4.69, 9.17) is 4.52 Å². The minimum absolute atomic E-state index is 0.0494. The van der Waals surface area contributed by atoms with Crippen molar-refractivity contribution in [3.63, 3.8) is 0 Å². The predicted octanol–water partition coefficient (Wildman–Crippen LogP) is 2.00. The second-order valence-electron chi connectivity index (χ2n) is 5.24. The van der Waals surface area contributed by atoms with Crippen molar-refractivity contribution in [3.8, 4) is 0 Å². The Balaban J connectivity index is 1.89. The lowest BCUT2D eigenvalue weighted by Gasteiger charge is -2.03. The highest BCUT2D eigenvalue weighted by molar-refractivity contribution is 5.79. The van der Waals surface area contributed by atoms with E-state index in [9.17, 15) is 4.79 Å². The van der Waals surface area contributed by atoms with Crippen LogP contribution >= 0.6 is 0 Å². The second-order valence-corrected chi connectivity index (χ2v) is 5.24. The van der Waals surface area contributed by atoms with Gasteiger partial charge in [-0.15, -0.1) is 0 Å². The number of aromatic nitrogens is 3. The zero-order valence-electron chi connectivity index (χ0n) is 12.3. The van der Waals surface area contributed by atoms with Crippen molar-refractivity contribution in [2.75, 3.05) is 0 Å². The van der Waals surface area contributed by atoms with Gasteiger partial charge in [-0.05, 0) is 13.8 Å². The summed E-state index contributed by atoms with van der Waals surface area (Å²) in [6.07, 6.45) is 0.322. The van der Waals surface area contributed by atoms with Crippen LogP contribution in [0.5, 0.6) is 0 Å². The first kappa shape index (κ1) is 14.3. The van der Waals surface area contributed by atoms with Gasteiger partial charge < -0.3 is 9.84 Å². The largest absolute Gasteiger partial charge is 0.361 e. The Bertz CT molecular complexity index is 579. The molecule has 0 aliphatic heterocycles. The quantitative estimate of drug-likeness (QED) is 0.874. The van der Waals surface area contributed by atoms with Crippen LogP contribution in [0.25, 0.3) is 0 Å². The number of amides is 1. The van der Waals surface area contributed by atoms with Crippen LogP contribution in [0.15, 0.2) is 10.6 Å². The average Bonchev–Trinajstić information content (AvgIpc) is 2.98. The fourth-order valence-electron chi connectivity index (χ4n) is 1.93. The van der Waals surface area contributed by atoms with Gasteiger partial charge in [-0.25, -0.2) is 0 Å². The normalized spacial score (nSPS) is 11.1. The molecule has 0 aliphatic rings. The van der Waals surface area contributed by atoms with Crippen molar-refractivity contribution in [1.82, 2.24) is 20.7 Å². The van der Waals surface area contributed by atoms with Crippen LogP contribution in [0.1, 0.15) is 48.2 Å². The maximum atomic E-state index is 11.9. The SMILES string of the molecule is Cc1n[nH]c(C)c1CC(=O)NCc1cc(C(C)C)on1. The Hall–Kier alpha value is -2.11. The Morgan fingerprint density at radius 2 is 2.20 bits per heavy atom. The van der Waals surface area contributed by atoms with Crippen molar-refractivity contribution >= 4 is 5.91 Å². The molecule has 0 bridgehead atoms. The molecular weight excluding hydrogens is 256 g/mol. The number of aromatic amines is 1. The molecule has 20 heavy (non-hydrogen) atoms. The summed E-state index contributed by atoms with van der Waals surface area (Å²) in [5.74, 6) is 1.07. The molecule has 0 aromatic carbocycles. The van der Waals surface area contributed by atoms with E-state index in [1.54, 1.807) is 0 Å². The second kappa shape index (κ2) is 5.90. The number of hydrogen-bond acceptors (Lipinski definition) is 4. The molecule has 6 heteroatoms. The standard InChI is InChI=1S/C14H20N4O2/c1-8(2)13-5-11(18-20-13)7-15-14(19)6-12-9(3)16-17-10(12)4/h5,8H,6-7H2,1-4H3,(H,15,19)(H,16,17). The number of nitrogens with one attached hydrogen (secondary N) is 2. The lowest BCUT2D eigenvalue weighted by atomic mass is 10.1. The van der Waals surface area contributed by atoms with Crippen LogP contribution in [-0.2, 0) is 17.8 Å². The van der Waals surface area contributed by atoms with Crippen molar-refractivity contribution in [2.24, 2.45) is 0 Å². The lowest BCUT2D eigenvalue weighted by molar-refractivity contribution is -0.120. The number of aryl methyl sites for hydroxylation is 2. The topological polar surface area (TPSA) is 83.8 Å². The van der Waals surface area contributed by atoms with Crippen LogP contribution in [-0.4, -0.2) is 21.3 Å². The monoisotopic (exact) mass is 276 g/mol. The minimum atomic E-state index is -0.0494. The minimum Gasteiger partial charge on any atom is -0.361 e. The molecule has 0 saturated heterocycles. The summed E-state index contributed by atoms with van der Waals surface area (Å²) in [4.78, 5) is 11.9. The fourth-order valence-corrected chi connectivity index (χ4v) is 1.93. The smallest absolute Gasteiger partial charge is 0.224 e. The highest BCUT2D eigenvalue weighted by Gasteiger charge is 2.12.